The average Bonchev–Trinajstić information content (AvgIpc) is 2.04. The van der Waals surface area contributed by atoms with E-state index in [2.05, 4.69) is 0 Å². The van der Waals surface area contributed by atoms with E-state index in [-0.39, 0.29) is 10.2 Å². The molecule has 1 rings (SSSR count). The molecule has 0 saturated heterocycles. The molecule has 0 aliphatic carbocycles. The van der Waals surface area contributed by atoms with Crippen LogP contribution in [0.15, 0.2) is 24.5 Å². The van der Waals surface area contributed by atoms with Crippen LogP contribution in [0.2, 0.25) is 0 Å². The Morgan fingerprint density at radius 1 is 1.23 bits per heavy atom. The van der Waals surface area contributed by atoms with Crippen molar-refractivity contribution in [1.29, 1.82) is 0 Å². The Kier molecular flexibility index (Phi) is 4.52. The molecule has 0 fully saturated rings. The fraction of sp³-hybridized carbons (Fsp3) is 0.375. The second-order valence-electron chi connectivity index (χ2n) is 2.97. The third kappa shape index (κ3) is 3.09. The minimum atomic E-state index is -2.37. The van der Waals surface area contributed by atoms with Gasteiger partial charge in [0.05, 0.1) is 0 Å². The van der Waals surface area contributed by atoms with E-state index in [4.69, 9.17) is 0 Å². The third-order valence-electron chi connectivity index (χ3n) is 1.73. The van der Waals surface area contributed by atoms with Gasteiger partial charge in [0, 0.05) is 17.6 Å². The van der Waals surface area contributed by atoms with Crippen molar-refractivity contribution in [1.82, 2.24) is 0 Å². The third-order valence-corrected chi connectivity index (χ3v) is 1.73. The molecule has 0 aromatic carbocycles. The highest BCUT2D eigenvalue weighted by Gasteiger charge is 2.17. The van der Waals surface area contributed by atoms with Crippen molar-refractivity contribution >= 4 is 12.7 Å². The standard InChI is InChI=1S/C8H11BF2N.FH/c1-7(2)12-5-3-8(4-6-12)9(10)11;/h3-7H,1-2H3;1H/q+1;/p-1. The summed E-state index contributed by atoms with van der Waals surface area (Å²) >= 11 is 0. The zero-order chi connectivity index (χ0) is 9.14. The molecule has 0 radical (unpaired) electrons. The maximum absolute atomic E-state index is 12.1. The molecular formula is C8H11BF3N. The van der Waals surface area contributed by atoms with Crippen LogP contribution in [0, 0.1) is 0 Å². The zero-order valence-corrected chi connectivity index (χ0v) is 7.55. The van der Waals surface area contributed by atoms with Crippen LogP contribution in [0.4, 0.5) is 8.63 Å². The first-order valence-electron chi connectivity index (χ1n) is 3.90. The average molecular weight is 189 g/mol. The molecule has 1 nitrogen and oxygen atoms in total. The van der Waals surface area contributed by atoms with Gasteiger partial charge in [-0.15, -0.1) is 0 Å². The van der Waals surface area contributed by atoms with Crippen LogP contribution in [-0.4, -0.2) is 7.27 Å². The van der Waals surface area contributed by atoms with Crippen molar-refractivity contribution in [2.45, 2.75) is 19.9 Å². The second kappa shape index (κ2) is 4.89. The van der Waals surface area contributed by atoms with Crippen molar-refractivity contribution < 1.29 is 17.9 Å². The van der Waals surface area contributed by atoms with Gasteiger partial charge in [-0.3, -0.25) is 8.63 Å². The Morgan fingerprint density at radius 3 is 2.00 bits per heavy atom. The molecular weight excluding hydrogens is 178 g/mol. The summed E-state index contributed by atoms with van der Waals surface area (Å²) in [6, 6.07) is 3.21. The van der Waals surface area contributed by atoms with Crippen molar-refractivity contribution in [3.63, 3.8) is 0 Å². The number of hydrogen-bond acceptors (Lipinski definition) is 0. The quantitative estimate of drug-likeness (QED) is 0.381. The van der Waals surface area contributed by atoms with Crippen LogP contribution < -0.4 is 14.7 Å². The van der Waals surface area contributed by atoms with Gasteiger partial charge >= 0.3 is 7.27 Å². The monoisotopic (exact) mass is 189 g/mol. The summed E-state index contributed by atoms with van der Waals surface area (Å²) in [5.74, 6) is 0. The van der Waals surface area contributed by atoms with Crippen LogP contribution in [0.25, 0.3) is 0 Å². The van der Waals surface area contributed by atoms with Gasteiger partial charge in [-0.05, 0) is 13.8 Å². The topological polar surface area (TPSA) is 3.88 Å². The molecule has 0 aliphatic rings. The summed E-state index contributed by atoms with van der Waals surface area (Å²) in [4.78, 5) is 0. The van der Waals surface area contributed by atoms with Gasteiger partial charge < -0.3 is 4.70 Å². The SMILES string of the molecule is CC(C)[n+]1ccc(B(F)F)cc1.[F-]. The van der Waals surface area contributed by atoms with Crippen molar-refractivity contribution in [3.05, 3.63) is 24.5 Å². The highest BCUT2D eigenvalue weighted by atomic mass is 19.2. The Morgan fingerprint density at radius 2 is 1.69 bits per heavy atom. The van der Waals surface area contributed by atoms with E-state index in [1.807, 2.05) is 18.4 Å². The van der Waals surface area contributed by atoms with E-state index in [1.165, 1.54) is 12.1 Å². The number of nitrogens with zero attached hydrogens (tertiary/aromatic N) is 1. The molecule has 0 aliphatic heterocycles. The molecule has 0 amide bonds. The van der Waals surface area contributed by atoms with Gasteiger partial charge in [0.15, 0.2) is 18.4 Å². The highest BCUT2D eigenvalue weighted by Crippen LogP contribution is 1.91. The Bertz CT molecular complexity index is 221. The second-order valence-corrected chi connectivity index (χ2v) is 2.97. The van der Waals surface area contributed by atoms with E-state index in [1.54, 1.807) is 12.4 Å². The molecule has 5 heteroatoms. The number of rotatable bonds is 2. The lowest BCUT2D eigenvalue weighted by Crippen LogP contribution is -3.00. The molecule has 0 unspecified atom stereocenters. The Labute approximate surface area is 75.9 Å². The maximum atomic E-state index is 12.1. The highest BCUT2D eigenvalue weighted by molar-refractivity contribution is 6.59. The summed E-state index contributed by atoms with van der Waals surface area (Å²) in [7, 11) is -2.37. The van der Waals surface area contributed by atoms with Gasteiger partial charge in [0.25, 0.3) is 0 Å². The fourth-order valence-corrected chi connectivity index (χ4v) is 0.939. The van der Waals surface area contributed by atoms with Crippen molar-refractivity contribution in [2.75, 3.05) is 0 Å². The molecule has 1 aromatic heterocycles. The normalized spacial score (nSPS) is 9.62. The summed E-state index contributed by atoms with van der Waals surface area (Å²) in [6.07, 6.45) is 3.35. The molecule has 1 heterocycles. The summed E-state index contributed by atoms with van der Waals surface area (Å²) < 4.78 is 26.1. The Hall–Kier alpha value is -0.995. The smallest absolute Gasteiger partial charge is 0.572 e. The lowest BCUT2D eigenvalue weighted by molar-refractivity contribution is -0.716. The number of hydrogen-bond donors (Lipinski definition) is 0. The largest absolute Gasteiger partial charge is 1.00 e. The number of halogens is 3. The van der Waals surface area contributed by atoms with Crippen LogP contribution in [-0.2, 0) is 0 Å². The maximum Gasteiger partial charge on any atom is 0.572 e. The van der Waals surface area contributed by atoms with E-state index >= 15 is 0 Å². The molecule has 0 bridgehead atoms. The van der Waals surface area contributed by atoms with Crippen LogP contribution in [0.1, 0.15) is 19.9 Å². The first-order chi connectivity index (χ1) is 5.61. The number of pyridine rings is 1. The fourth-order valence-electron chi connectivity index (χ4n) is 0.939. The lowest BCUT2D eigenvalue weighted by atomic mass is 9.87. The van der Waals surface area contributed by atoms with Gasteiger partial charge in [-0.1, -0.05) is 0 Å². The van der Waals surface area contributed by atoms with Gasteiger partial charge in [0.2, 0.25) is 0 Å². The molecule has 72 valence electrons. The molecule has 0 saturated carbocycles. The zero-order valence-electron chi connectivity index (χ0n) is 7.55. The van der Waals surface area contributed by atoms with Gasteiger partial charge in [-0.2, -0.15) is 0 Å². The lowest BCUT2D eigenvalue weighted by Gasteiger charge is -1.99. The molecule has 0 atom stereocenters. The van der Waals surface area contributed by atoms with E-state index in [0.717, 1.165) is 0 Å². The predicted molar refractivity (Wildman–Crippen MR) is 44.6 cm³/mol. The minimum absolute atomic E-state index is 0. The Balaban J connectivity index is 0.00000144. The number of aromatic nitrogens is 1. The van der Waals surface area contributed by atoms with E-state index in [9.17, 15) is 8.63 Å². The minimum Gasteiger partial charge on any atom is -1.00 e. The van der Waals surface area contributed by atoms with Gasteiger partial charge in [0.1, 0.15) is 0 Å². The molecule has 0 spiro atoms. The summed E-state index contributed by atoms with van der Waals surface area (Å²) in [5, 5.41) is 0. The summed E-state index contributed by atoms with van der Waals surface area (Å²) in [5.41, 5.74) is 0.0758. The summed E-state index contributed by atoms with van der Waals surface area (Å²) in [6.45, 7) is 4.00. The molecule has 13 heavy (non-hydrogen) atoms. The first kappa shape index (κ1) is 12.0. The van der Waals surface area contributed by atoms with Crippen LogP contribution in [0.5, 0.6) is 0 Å². The molecule has 0 N–H and O–H groups in total. The van der Waals surface area contributed by atoms with Gasteiger partial charge in [-0.25, -0.2) is 4.57 Å². The predicted octanol–water partition coefficient (Wildman–Crippen LogP) is -1.81. The van der Waals surface area contributed by atoms with E-state index in [0.29, 0.717) is 6.04 Å². The van der Waals surface area contributed by atoms with Crippen molar-refractivity contribution in [2.24, 2.45) is 0 Å². The molecule has 1 aromatic rings. The van der Waals surface area contributed by atoms with Crippen LogP contribution in [0.3, 0.4) is 0 Å². The van der Waals surface area contributed by atoms with Crippen LogP contribution >= 0.6 is 0 Å². The van der Waals surface area contributed by atoms with Crippen molar-refractivity contribution in [3.8, 4) is 0 Å². The van der Waals surface area contributed by atoms with E-state index < -0.39 is 7.27 Å². The first-order valence-corrected chi connectivity index (χ1v) is 3.90.